The number of nitrogens with zero attached hydrogens (tertiary/aromatic N) is 1. The van der Waals surface area contributed by atoms with Gasteiger partial charge in [-0.25, -0.2) is 8.42 Å². The van der Waals surface area contributed by atoms with Crippen molar-refractivity contribution < 1.29 is 18.3 Å². The number of rotatable bonds is 5. The lowest BCUT2D eigenvalue weighted by molar-refractivity contribution is -0.142. The molecule has 4 unspecified atom stereocenters. The normalized spacial score (nSPS) is 31.2. The molecule has 2 rings (SSSR count). The molecule has 2 aliphatic rings. The van der Waals surface area contributed by atoms with E-state index in [1.807, 2.05) is 6.92 Å². The third kappa shape index (κ3) is 4.83. The number of carboxylic acid groups (broad SMARTS) is 1. The third-order valence-electron chi connectivity index (χ3n) is 4.62. The molecule has 1 aliphatic carbocycles. The van der Waals surface area contributed by atoms with E-state index in [2.05, 4.69) is 4.90 Å². The van der Waals surface area contributed by atoms with Crippen LogP contribution in [0.5, 0.6) is 0 Å². The first-order valence-electron chi connectivity index (χ1n) is 7.44. The van der Waals surface area contributed by atoms with Crippen LogP contribution in [0.1, 0.15) is 39.0 Å². The maximum Gasteiger partial charge on any atom is 0.320 e. The second-order valence-electron chi connectivity index (χ2n) is 6.60. The first kappa shape index (κ1) is 18.7. The van der Waals surface area contributed by atoms with E-state index in [1.54, 1.807) is 0 Å². The lowest BCUT2D eigenvalue weighted by atomic mass is 9.84. The number of likely N-dealkylation sites (tertiary alicyclic amines) is 1. The molecule has 1 saturated carbocycles. The van der Waals surface area contributed by atoms with Crippen molar-refractivity contribution >= 4 is 28.2 Å². The van der Waals surface area contributed by atoms with Gasteiger partial charge in [-0.05, 0) is 31.1 Å². The second-order valence-corrected chi connectivity index (χ2v) is 8.78. The highest BCUT2D eigenvalue weighted by Crippen LogP contribution is 2.40. The molecule has 7 heteroatoms. The molecule has 0 bridgehead atoms. The van der Waals surface area contributed by atoms with Crippen LogP contribution >= 0.6 is 12.4 Å². The SMILES string of the molecule is CC(CN1C(C(=O)O)CC2CCCCC21)CS(C)(=O)=O.Cl. The molecule has 1 N–H and O–H groups in total. The third-order valence-corrected chi connectivity index (χ3v) is 5.79. The Labute approximate surface area is 133 Å². The van der Waals surface area contributed by atoms with E-state index in [-0.39, 0.29) is 24.1 Å². The summed E-state index contributed by atoms with van der Waals surface area (Å²) in [5.41, 5.74) is 0. The zero-order chi connectivity index (χ0) is 14.9. The fraction of sp³-hybridized carbons (Fsp3) is 0.929. The van der Waals surface area contributed by atoms with Gasteiger partial charge in [0.15, 0.2) is 0 Å². The Hall–Kier alpha value is -0.330. The fourth-order valence-electron chi connectivity index (χ4n) is 3.99. The molecule has 1 saturated heterocycles. The molecule has 1 heterocycles. The van der Waals surface area contributed by atoms with Gasteiger partial charge in [-0.2, -0.15) is 0 Å². The monoisotopic (exact) mass is 339 g/mol. The zero-order valence-corrected chi connectivity index (χ0v) is 14.3. The van der Waals surface area contributed by atoms with Crippen molar-refractivity contribution in [2.45, 2.75) is 51.1 Å². The summed E-state index contributed by atoms with van der Waals surface area (Å²) < 4.78 is 22.8. The van der Waals surface area contributed by atoms with E-state index < -0.39 is 21.8 Å². The smallest absolute Gasteiger partial charge is 0.320 e. The van der Waals surface area contributed by atoms with Gasteiger partial charge in [0, 0.05) is 18.8 Å². The summed E-state index contributed by atoms with van der Waals surface area (Å²) in [7, 11) is -3.01. The molecular formula is C14H26ClNO4S. The van der Waals surface area contributed by atoms with Gasteiger partial charge in [0.2, 0.25) is 0 Å². The number of halogens is 1. The Morgan fingerprint density at radius 1 is 1.33 bits per heavy atom. The molecule has 0 amide bonds. The number of hydrogen-bond donors (Lipinski definition) is 1. The maximum atomic E-state index is 11.5. The van der Waals surface area contributed by atoms with Gasteiger partial charge in [-0.15, -0.1) is 12.4 Å². The summed E-state index contributed by atoms with van der Waals surface area (Å²) in [4.78, 5) is 13.5. The van der Waals surface area contributed by atoms with Crippen molar-refractivity contribution in [1.82, 2.24) is 4.90 Å². The summed E-state index contributed by atoms with van der Waals surface area (Å²) in [5, 5.41) is 9.42. The molecular weight excluding hydrogens is 314 g/mol. The van der Waals surface area contributed by atoms with Crippen LogP contribution in [0.15, 0.2) is 0 Å². The Morgan fingerprint density at radius 2 is 1.95 bits per heavy atom. The van der Waals surface area contributed by atoms with Crippen molar-refractivity contribution in [2.24, 2.45) is 11.8 Å². The Morgan fingerprint density at radius 3 is 2.52 bits per heavy atom. The average molecular weight is 340 g/mol. The molecule has 0 aromatic heterocycles. The molecule has 2 fully saturated rings. The van der Waals surface area contributed by atoms with Crippen molar-refractivity contribution in [3.05, 3.63) is 0 Å². The predicted octanol–water partition coefficient (Wildman–Crippen LogP) is 1.81. The maximum absolute atomic E-state index is 11.5. The van der Waals surface area contributed by atoms with Crippen LogP contribution in [0.2, 0.25) is 0 Å². The molecule has 124 valence electrons. The number of hydrogen-bond acceptors (Lipinski definition) is 4. The van der Waals surface area contributed by atoms with Crippen molar-refractivity contribution in [3.8, 4) is 0 Å². The van der Waals surface area contributed by atoms with Gasteiger partial charge >= 0.3 is 5.97 Å². The van der Waals surface area contributed by atoms with E-state index >= 15 is 0 Å². The molecule has 21 heavy (non-hydrogen) atoms. The van der Waals surface area contributed by atoms with Gasteiger partial charge < -0.3 is 5.11 Å². The first-order chi connectivity index (χ1) is 9.28. The summed E-state index contributed by atoms with van der Waals surface area (Å²) in [6.07, 6.45) is 6.49. The van der Waals surface area contributed by atoms with Crippen LogP contribution in [-0.4, -0.2) is 55.0 Å². The number of fused-ring (bicyclic) bond motifs is 1. The molecule has 5 nitrogen and oxygen atoms in total. The van der Waals surface area contributed by atoms with Crippen molar-refractivity contribution in [3.63, 3.8) is 0 Å². The molecule has 0 spiro atoms. The highest BCUT2D eigenvalue weighted by atomic mass is 35.5. The largest absolute Gasteiger partial charge is 0.480 e. The van der Waals surface area contributed by atoms with Crippen LogP contribution < -0.4 is 0 Å². The lowest BCUT2D eigenvalue weighted by Gasteiger charge is -2.34. The molecule has 0 aromatic carbocycles. The standard InChI is InChI=1S/C14H25NO4S.ClH/c1-10(9-20(2,18)19)8-15-12-6-4-3-5-11(12)7-13(15)14(16)17;/h10-13H,3-9H2,1-2H3,(H,16,17);1H. The second kappa shape index (κ2) is 7.29. The number of carboxylic acids is 1. The van der Waals surface area contributed by atoms with Crippen LogP contribution in [-0.2, 0) is 14.6 Å². The minimum atomic E-state index is -3.01. The molecule has 0 radical (unpaired) electrons. The van der Waals surface area contributed by atoms with Gasteiger partial charge in [-0.1, -0.05) is 19.8 Å². The first-order valence-corrected chi connectivity index (χ1v) is 9.50. The molecule has 0 aromatic rings. The Kier molecular flexibility index (Phi) is 6.50. The fourth-order valence-corrected chi connectivity index (χ4v) is 5.13. The van der Waals surface area contributed by atoms with Crippen molar-refractivity contribution in [2.75, 3.05) is 18.6 Å². The quantitative estimate of drug-likeness (QED) is 0.826. The van der Waals surface area contributed by atoms with Crippen LogP contribution in [0.4, 0.5) is 0 Å². The van der Waals surface area contributed by atoms with E-state index in [1.165, 1.54) is 12.7 Å². The molecule has 1 aliphatic heterocycles. The van der Waals surface area contributed by atoms with Crippen LogP contribution in [0.25, 0.3) is 0 Å². The number of carbonyl (C=O) groups is 1. The number of aliphatic carboxylic acids is 1. The van der Waals surface area contributed by atoms with E-state index in [9.17, 15) is 18.3 Å². The minimum absolute atomic E-state index is 0. The summed E-state index contributed by atoms with van der Waals surface area (Å²) in [6.45, 7) is 2.47. The van der Waals surface area contributed by atoms with E-state index in [0.717, 1.165) is 25.7 Å². The average Bonchev–Trinajstić information content (AvgIpc) is 2.66. The van der Waals surface area contributed by atoms with Gasteiger partial charge in [0.1, 0.15) is 15.9 Å². The number of sulfone groups is 1. The van der Waals surface area contributed by atoms with Crippen LogP contribution in [0.3, 0.4) is 0 Å². The van der Waals surface area contributed by atoms with Crippen molar-refractivity contribution in [1.29, 1.82) is 0 Å². The van der Waals surface area contributed by atoms with Gasteiger partial charge in [0.05, 0.1) is 5.75 Å². The highest BCUT2D eigenvalue weighted by Gasteiger charge is 2.45. The van der Waals surface area contributed by atoms with Crippen LogP contribution in [0, 0.1) is 11.8 Å². The minimum Gasteiger partial charge on any atom is -0.480 e. The van der Waals surface area contributed by atoms with E-state index in [0.29, 0.717) is 18.5 Å². The Bertz CT molecular complexity index is 468. The van der Waals surface area contributed by atoms with Gasteiger partial charge in [-0.3, -0.25) is 9.69 Å². The van der Waals surface area contributed by atoms with Gasteiger partial charge in [0.25, 0.3) is 0 Å². The summed E-state index contributed by atoms with van der Waals surface area (Å²) >= 11 is 0. The molecule has 4 atom stereocenters. The zero-order valence-electron chi connectivity index (χ0n) is 12.7. The highest BCUT2D eigenvalue weighted by molar-refractivity contribution is 7.90. The lowest BCUT2D eigenvalue weighted by Crippen LogP contribution is -2.45. The van der Waals surface area contributed by atoms with E-state index in [4.69, 9.17) is 0 Å². The Balaban J connectivity index is 0.00000220. The predicted molar refractivity (Wildman–Crippen MR) is 84.6 cm³/mol. The summed E-state index contributed by atoms with van der Waals surface area (Å²) in [5.74, 6) is -0.165. The topological polar surface area (TPSA) is 74.7 Å². The summed E-state index contributed by atoms with van der Waals surface area (Å²) in [6, 6.07) is -0.0861.